The van der Waals surface area contributed by atoms with Gasteiger partial charge in [-0.1, -0.05) is 40.0 Å². The van der Waals surface area contributed by atoms with Crippen molar-refractivity contribution in [3.8, 4) is 0 Å². The number of phosphoric ester groups is 1. The zero-order valence-corrected chi connectivity index (χ0v) is 12.7. The Hall–Kier alpha value is 0.0700. The van der Waals surface area contributed by atoms with E-state index >= 15 is 0 Å². The molecule has 0 bridgehead atoms. The maximum atomic E-state index is 11.0. The summed E-state index contributed by atoms with van der Waals surface area (Å²) in [5.41, 5.74) is 0. The van der Waals surface area contributed by atoms with Crippen molar-refractivity contribution in [2.24, 2.45) is 0 Å². The molecule has 0 rings (SSSR count). The molecule has 0 saturated heterocycles. The van der Waals surface area contributed by atoms with Gasteiger partial charge < -0.3 is 9.79 Å². The van der Waals surface area contributed by atoms with E-state index in [1.165, 1.54) is 0 Å². The van der Waals surface area contributed by atoms with E-state index in [1.54, 1.807) is 0 Å². The van der Waals surface area contributed by atoms with Crippen molar-refractivity contribution in [1.29, 1.82) is 0 Å². The fraction of sp³-hybridized carbons (Fsp3) is 1.00. The third-order valence-electron chi connectivity index (χ3n) is 2.80. The summed E-state index contributed by atoms with van der Waals surface area (Å²) in [5, 5.41) is 0. The predicted molar refractivity (Wildman–Crippen MR) is 73.2 cm³/mol. The van der Waals surface area contributed by atoms with Gasteiger partial charge in [0.15, 0.2) is 0 Å². The third kappa shape index (κ3) is 9.06. The summed E-state index contributed by atoms with van der Waals surface area (Å²) in [4.78, 5) is 20.0. The van der Waals surface area contributed by atoms with E-state index in [-0.39, 0.29) is 0 Å². The zero-order valence-electron chi connectivity index (χ0n) is 11.8. The predicted octanol–water partition coefficient (Wildman–Crippen LogP) is 3.12. The smallest absolute Gasteiger partial charge is 0.303 e. The molecule has 0 aromatic heterocycles. The second-order valence-corrected chi connectivity index (χ2v) is 5.77. The Labute approximate surface area is 111 Å². The van der Waals surface area contributed by atoms with Crippen LogP contribution in [-0.2, 0) is 9.09 Å². The molecule has 0 aromatic carbocycles. The lowest BCUT2D eigenvalue weighted by Gasteiger charge is -2.31. The lowest BCUT2D eigenvalue weighted by Crippen LogP contribution is -2.38. The highest BCUT2D eigenvalue weighted by atomic mass is 31.2. The van der Waals surface area contributed by atoms with Gasteiger partial charge in [-0.25, -0.2) is 4.57 Å². The van der Waals surface area contributed by atoms with E-state index in [4.69, 9.17) is 14.3 Å². The van der Waals surface area contributed by atoms with Crippen LogP contribution in [0.2, 0.25) is 0 Å². The summed E-state index contributed by atoms with van der Waals surface area (Å²) in [6, 6.07) is 0. The molecule has 1 atom stereocenters. The van der Waals surface area contributed by atoms with Gasteiger partial charge in [-0.2, -0.15) is 0 Å². The minimum absolute atomic E-state index is 0.464. The van der Waals surface area contributed by atoms with Crippen LogP contribution in [-0.4, -0.2) is 34.0 Å². The average Bonchev–Trinajstić information content (AvgIpc) is 2.27. The molecule has 0 fully saturated rings. The molecule has 2 N–H and O–H groups in total. The quantitative estimate of drug-likeness (QED) is 0.450. The van der Waals surface area contributed by atoms with E-state index in [0.29, 0.717) is 6.42 Å². The second kappa shape index (κ2) is 9.93. The van der Waals surface area contributed by atoms with E-state index in [0.717, 1.165) is 45.2 Å². The van der Waals surface area contributed by atoms with Gasteiger partial charge in [-0.3, -0.25) is 9.42 Å². The van der Waals surface area contributed by atoms with Gasteiger partial charge in [0.05, 0.1) is 0 Å². The molecular weight excluding hydrogens is 253 g/mol. The van der Waals surface area contributed by atoms with Crippen LogP contribution >= 0.6 is 7.82 Å². The molecule has 0 heterocycles. The SMILES string of the molecule is CCCCN(CCCC)C(CCC)OP(=O)(O)O. The number of unbranched alkanes of at least 4 members (excludes halogenated alkanes) is 2. The van der Waals surface area contributed by atoms with Gasteiger partial charge >= 0.3 is 7.82 Å². The number of nitrogens with zero attached hydrogens (tertiary/aromatic N) is 1. The number of hydrogen-bond acceptors (Lipinski definition) is 3. The number of phosphoric acid groups is 1. The summed E-state index contributed by atoms with van der Waals surface area (Å²) in [6.45, 7) is 7.88. The molecule has 5 nitrogen and oxygen atoms in total. The van der Waals surface area contributed by atoms with Gasteiger partial charge in [0, 0.05) is 13.1 Å². The van der Waals surface area contributed by atoms with E-state index < -0.39 is 14.1 Å². The van der Waals surface area contributed by atoms with Gasteiger partial charge in [0.1, 0.15) is 6.23 Å². The largest absolute Gasteiger partial charge is 0.471 e. The van der Waals surface area contributed by atoms with Crippen LogP contribution in [0.1, 0.15) is 59.3 Å². The normalized spacial score (nSPS) is 14.1. The van der Waals surface area contributed by atoms with Crippen LogP contribution < -0.4 is 0 Å². The Morgan fingerprint density at radius 3 is 1.89 bits per heavy atom. The van der Waals surface area contributed by atoms with Crippen LogP contribution in [0.4, 0.5) is 0 Å². The summed E-state index contributed by atoms with van der Waals surface area (Å²) < 4.78 is 15.9. The molecule has 18 heavy (non-hydrogen) atoms. The first kappa shape index (κ1) is 18.1. The van der Waals surface area contributed by atoms with Crippen molar-refractivity contribution in [2.75, 3.05) is 13.1 Å². The van der Waals surface area contributed by atoms with Crippen LogP contribution in [0.25, 0.3) is 0 Å². The Bertz CT molecular complexity index is 236. The second-order valence-electron chi connectivity index (χ2n) is 4.58. The van der Waals surface area contributed by atoms with E-state index in [1.807, 2.05) is 6.92 Å². The van der Waals surface area contributed by atoms with Gasteiger partial charge in [-0.05, 0) is 19.3 Å². The summed E-state index contributed by atoms with van der Waals surface area (Å²) in [5.74, 6) is 0. The lowest BCUT2D eigenvalue weighted by molar-refractivity contribution is -0.00466. The van der Waals surface area contributed by atoms with Crippen molar-refractivity contribution >= 4 is 7.82 Å². The highest BCUT2D eigenvalue weighted by molar-refractivity contribution is 7.46. The Kier molecular flexibility index (Phi) is 9.97. The first-order chi connectivity index (χ1) is 8.44. The van der Waals surface area contributed by atoms with Gasteiger partial charge in [0.2, 0.25) is 0 Å². The monoisotopic (exact) mass is 281 g/mol. The molecule has 1 unspecified atom stereocenters. The molecular formula is C12H28NO4P. The third-order valence-corrected chi connectivity index (χ3v) is 3.32. The van der Waals surface area contributed by atoms with Crippen molar-refractivity contribution in [3.63, 3.8) is 0 Å². The maximum absolute atomic E-state index is 11.0. The Morgan fingerprint density at radius 2 is 1.56 bits per heavy atom. The minimum Gasteiger partial charge on any atom is -0.303 e. The summed E-state index contributed by atoms with van der Waals surface area (Å²) in [7, 11) is -4.41. The summed E-state index contributed by atoms with van der Waals surface area (Å²) in [6.07, 6.45) is 5.21. The minimum atomic E-state index is -4.41. The highest BCUT2D eigenvalue weighted by Gasteiger charge is 2.26. The van der Waals surface area contributed by atoms with Crippen molar-refractivity contribution in [3.05, 3.63) is 0 Å². The fourth-order valence-corrected chi connectivity index (χ4v) is 2.39. The molecule has 0 radical (unpaired) electrons. The first-order valence-electron chi connectivity index (χ1n) is 6.92. The molecule has 0 amide bonds. The molecule has 0 saturated carbocycles. The van der Waals surface area contributed by atoms with Crippen LogP contribution in [0.15, 0.2) is 0 Å². The molecule has 0 aliphatic carbocycles. The van der Waals surface area contributed by atoms with Crippen LogP contribution in [0.3, 0.4) is 0 Å². The van der Waals surface area contributed by atoms with Crippen LogP contribution in [0, 0.1) is 0 Å². The van der Waals surface area contributed by atoms with Gasteiger partial charge in [0.25, 0.3) is 0 Å². The standard InChI is InChI=1S/C12H28NO4P/c1-4-7-10-13(11-8-5-2)12(9-6-3)17-18(14,15)16/h12H,4-11H2,1-3H3,(H2,14,15,16). The molecule has 0 spiro atoms. The molecule has 110 valence electrons. The van der Waals surface area contributed by atoms with Crippen molar-refractivity contribution < 1.29 is 18.9 Å². The van der Waals surface area contributed by atoms with Crippen molar-refractivity contribution in [1.82, 2.24) is 4.90 Å². The van der Waals surface area contributed by atoms with E-state index in [2.05, 4.69) is 18.7 Å². The lowest BCUT2D eigenvalue weighted by atomic mass is 10.2. The van der Waals surface area contributed by atoms with Gasteiger partial charge in [-0.15, -0.1) is 0 Å². The Balaban J connectivity index is 4.55. The molecule has 0 aromatic rings. The van der Waals surface area contributed by atoms with Crippen LogP contribution in [0.5, 0.6) is 0 Å². The first-order valence-corrected chi connectivity index (χ1v) is 8.45. The Morgan fingerprint density at radius 1 is 1.06 bits per heavy atom. The molecule has 0 aliphatic heterocycles. The highest BCUT2D eigenvalue weighted by Crippen LogP contribution is 2.39. The topological polar surface area (TPSA) is 70.0 Å². The number of rotatable bonds is 11. The summed E-state index contributed by atoms with van der Waals surface area (Å²) >= 11 is 0. The van der Waals surface area contributed by atoms with E-state index in [9.17, 15) is 4.57 Å². The molecule has 0 aliphatic rings. The zero-order chi connectivity index (χ0) is 14.0. The van der Waals surface area contributed by atoms with Crippen molar-refractivity contribution in [2.45, 2.75) is 65.5 Å². The number of hydrogen-bond donors (Lipinski definition) is 2. The maximum Gasteiger partial charge on any atom is 0.471 e. The fourth-order valence-electron chi connectivity index (χ4n) is 1.83. The molecule has 6 heteroatoms. The average molecular weight is 281 g/mol.